The molecule has 0 aliphatic carbocycles. The van der Waals surface area contributed by atoms with Crippen molar-refractivity contribution in [1.82, 2.24) is 4.98 Å². The minimum Gasteiger partial charge on any atom is -0.489 e. The van der Waals surface area contributed by atoms with E-state index in [1.807, 2.05) is 20.8 Å². The van der Waals surface area contributed by atoms with Crippen LogP contribution in [0.2, 0.25) is 5.15 Å². The summed E-state index contributed by atoms with van der Waals surface area (Å²) in [6, 6.07) is 6.62. The summed E-state index contributed by atoms with van der Waals surface area (Å²) in [5, 5.41) is 11.9. The Morgan fingerprint density at radius 2 is 1.89 bits per heavy atom. The van der Waals surface area contributed by atoms with Crippen molar-refractivity contribution in [2.24, 2.45) is 0 Å². The van der Waals surface area contributed by atoms with Crippen LogP contribution in [-0.4, -0.2) is 27.6 Å². The molecule has 0 unspecified atom stereocenters. The molecule has 1 aromatic carbocycles. The molecule has 0 saturated carbocycles. The number of fused-ring (bicyclic) bond motifs is 1. The molecule has 0 aliphatic heterocycles. The predicted molar refractivity (Wildman–Crippen MR) is 108 cm³/mol. The lowest BCUT2D eigenvalue weighted by atomic mass is 10.1. The number of carbonyl (C=O) groups excluding carboxylic acids is 1. The lowest BCUT2D eigenvalue weighted by molar-refractivity contribution is 0.00693. The monoisotopic (exact) mass is 419 g/mol. The molecule has 2 aromatic heterocycles. The molecule has 0 fully saturated rings. The summed E-state index contributed by atoms with van der Waals surface area (Å²) in [5.74, 6) is -0.895. The van der Waals surface area contributed by atoms with Crippen LogP contribution in [0, 0.1) is 0 Å². The summed E-state index contributed by atoms with van der Waals surface area (Å²) >= 11 is 7.45. The minimum absolute atomic E-state index is 0.109. The SMILES string of the molecule is CC(C)(C)OC(=O)c1ccc(OCc2csc3c(C(=O)O)cnc(Cl)c23)cc1. The van der Waals surface area contributed by atoms with Gasteiger partial charge in [0.2, 0.25) is 0 Å². The fourth-order valence-corrected chi connectivity index (χ4v) is 3.89. The zero-order valence-electron chi connectivity index (χ0n) is 15.5. The van der Waals surface area contributed by atoms with Gasteiger partial charge in [0.25, 0.3) is 0 Å². The number of benzene rings is 1. The number of carboxylic acids is 1. The quantitative estimate of drug-likeness (QED) is 0.453. The second-order valence-corrected chi connectivity index (χ2v) is 8.29. The van der Waals surface area contributed by atoms with Gasteiger partial charge in [-0.05, 0) is 50.4 Å². The van der Waals surface area contributed by atoms with Gasteiger partial charge in [0.05, 0.1) is 15.8 Å². The number of halogens is 1. The number of hydrogen-bond donors (Lipinski definition) is 1. The first-order valence-electron chi connectivity index (χ1n) is 8.40. The average molecular weight is 420 g/mol. The summed E-state index contributed by atoms with van der Waals surface area (Å²) in [5.41, 5.74) is 0.727. The molecule has 8 heteroatoms. The second kappa shape index (κ2) is 7.77. The van der Waals surface area contributed by atoms with Crippen LogP contribution in [0.1, 0.15) is 47.1 Å². The van der Waals surface area contributed by atoms with Crippen molar-refractivity contribution in [3.63, 3.8) is 0 Å². The van der Waals surface area contributed by atoms with Crippen LogP contribution in [0.25, 0.3) is 10.1 Å². The van der Waals surface area contributed by atoms with Crippen LogP contribution in [0.3, 0.4) is 0 Å². The molecular formula is C20H18ClNO5S. The zero-order valence-corrected chi connectivity index (χ0v) is 17.1. The van der Waals surface area contributed by atoms with E-state index in [-0.39, 0.29) is 17.3 Å². The van der Waals surface area contributed by atoms with E-state index in [1.54, 1.807) is 29.6 Å². The maximum Gasteiger partial charge on any atom is 0.338 e. The van der Waals surface area contributed by atoms with Gasteiger partial charge < -0.3 is 14.6 Å². The van der Waals surface area contributed by atoms with Gasteiger partial charge in [-0.15, -0.1) is 11.3 Å². The van der Waals surface area contributed by atoms with Gasteiger partial charge in [-0.25, -0.2) is 14.6 Å². The number of esters is 1. The molecule has 3 rings (SSSR count). The molecule has 28 heavy (non-hydrogen) atoms. The first-order valence-corrected chi connectivity index (χ1v) is 9.65. The molecule has 0 amide bonds. The smallest absolute Gasteiger partial charge is 0.338 e. The normalized spacial score (nSPS) is 11.4. The first kappa shape index (κ1) is 20.1. The number of carboxylic acid groups (broad SMARTS) is 1. The highest BCUT2D eigenvalue weighted by Crippen LogP contribution is 2.34. The van der Waals surface area contributed by atoms with Crippen molar-refractivity contribution >= 4 is 45.0 Å². The van der Waals surface area contributed by atoms with Crippen LogP contribution >= 0.6 is 22.9 Å². The van der Waals surface area contributed by atoms with Gasteiger partial charge in [0, 0.05) is 17.1 Å². The van der Waals surface area contributed by atoms with E-state index < -0.39 is 17.5 Å². The molecular weight excluding hydrogens is 402 g/mol. The number of ether oxygens (including phenoxy) is 2. The Bertz CT molecular complexity index is 1040. The number of pyridine rings is 1. The zero-order chi connectivity index (χ0) is 20.5. The van der Waals surface area contributed by atoms with E-state index in [4.69, 9.17) is 21.1 Å². The third-order valence-corrected chi connectivity index (χ3v) is 5.09. The number of rotatable bonds is 5. The summed E-state index contributed by atoms with van der Waals surface area (Å²) in [6.45, 7) is 5.62. The van der Waals surface area contributed by atoms with Crippen LogP contribution < -0.4 is 4.74 Å². The Hall–Kier alpha value is -2.64. The third-order valence-electron chi connectivity index (χ3n) is 3.74. The summed E-state index contributed by atoms with van der Waals surface area (Å²) in [7, 11) is 0. The van der Waals surface area contributed by atoms with Crippen LogP contribution in [0.15, 0.2) is 35.8 Å². The van der Waals surface area contributed by atoms with Gasteiger partial charge in [-0.1, -0.05) is 11.6 Å². The topological polar surface area (TPSA) is 85.7 Å². The van der Waals surface area contributed by atoms with Gasteiger partial charge >= 0.3 is 11.9 Å². The van der Waals surface area contributed by atoms with Crippen LogP contribution in [-0.2, 0) is 11.3 Å². The summed E-state index contributed by atoms with van der Waals surface area (Å²) < 4.78 is 11.7. The molecule has 0 aliphatic rings. The van der Waals surface area contributed by atoms with Crippen molar-refractivity contribution < 1.29 is 24.2 Å². The number of nitrogens with zero attached hydrogens (tertiary/aromatic N) is 1. The number of aromatic nitrogens is 1. The van der Waals surface area contributed by atoms with Crippen LogP contribution in [0.5, 0.6) is 5.75 Å². The predicted octanol–water partition coefficient (Wildman–Crippen LogP) is 5.18. The third kappa shape index (κ3) is 4.43. The van der Waals surface area contributed by atoms with E-state index in [1.165, 1.54) is 17.5 Å². The van der Waals surface area contributed by atoms with Gasteiger partial charge in [-0.2, -0.15) is 0 Å². The van der Waals surface area contributed by atoms with Crippen LogP contribution in [0.4, 0.5) is 0 Å². The maximum absolute atomic E-state index is 12.1. The average Bonchev–Trinajstić information content (AvgIpc) is 3.04. The molecule has 0 atom stereocenters. The number of hydrogen-bond acceptors (Lipinski definition) is 6. The van der Waals surface area contributed by atoms with Crippen molar-refractivity contribution in [2.75, 3.05) is 0 Å². The molecule has 2 heterocycles. The van der Waals surface area contributed by atoms with E-state index in [0.29, 0.717) is 21.4 Å². The Balaban J connectivity index is 1.75. The number of carbonyl (C=O) groups is 2. The lowest BCUT2D eigenvalue weighted by Crippen LogP contribution is -2.23. The summed E-state index contributed by atoms with van der Waals surface area (Å²) in [4.78, 5) is 27.4. The second-order valence-electron chi connectivity index (χ2n) is 7.05. The number of thiophene rings is 1. The fourth-order valence-electron chi connectivity index (χ4n) is 2.51. The molecule has 146 valence electrons. The Morgan fingerprint density at radius 3 is 2.50 bits per heavy atom. The Morgan fingerprint density at radius 1 is 1.21 bits per heavy atom. The van der Waals surface area contributed by atoms with Crippen molar-refractivity contribution in [3.05, 3.63) is 57.7 Å². The van der Waals surface area contributed by atoms with Gasteiger partial charge in [-0.3, -0.25) is 0 Å². The summed E-state index contributed by atoms with van der Waals surface area (Å²) in [6.07, 6.45) is 1.25. The minimum atomic E-state index is -1.05. The lowest BCUT2D eigenvalue weighted by Gasteiger charge is -2.19. The standard InChI is InChI=1S/C20H18ClNO5S/c1-20(2,3)27-19(25)11-4-6-13(7-5-11)26-9-12-10-28-16-14(18(23)24)8-22-17(21)15(12)16/h4-8,10H,9H2,1-3H3,(H,23,24). The van der Waals surface area contributed by atoms with Gasteiger partial charge in [0.15, 0.2) is 0 Å². The molecule has 3 aromatic rings. The molecule has 0 bridgehead atoms. The fraction of sp³-hybridized carbons (Fsp3) is 0.250. The van der Waals surface area contributed by atoms with E-state index in [9.17, 15) is 14.7 Å². The molecule has 0 spiro atoms. The number of aromatic carboxylic acids is 1. The maximum atomic E-state index is 12.1. The molecule has 0 radical (unpaired) electrons. The van der Waals surface area contributed by atoms with Crippen molar-refractivity contribution in [3.8, 4) is 5.75 Å². The van der Waals surface area contributed by atoms with E-state index in [2.05, 4.69) is 4.98 Å². The molecule has 0 saturated heterocycles. The van der Waals surface area contributed by atoms with E-state index in [0.717, 1.165) is 5.56 Å². The molecule has 6 nitrogen and oxygen atoms in total. The molecule has 1 N–H and O–H groups in total. The van der Waals surface area contributed by atoms with E-state index >= 15 is 0 Å². The highest BCUT2D eigenvalue weighted by molar-refractivity contribution is 7.17. The largest absolute Gasteiger partial charge is 0.489 e. The Kier molecular flexibility index (Phi) is 5.58. The Labute approximate surface area is 170 Å². The highest BCUT2D eigenvalue weighted by atomic mass is 35.5. The van der Waals surface area contributed by atoms with Crippen molar-refractivity contribution in [2.45, 2.75) is 33.0 Å². The van der Waals surface area contributed by atoms with Crippen molar-refractivity contribution in [1.29, 1.82) is 0 Å². The first-order chi connectivity index (χ1) is 13.2. The van der Waals surface area contributed by atoms with Gasteiger partial charge in [0.1, 0.15) is 23.1 Å². The highest BCUT2D eigenvalue weighted by Gasteiger charge is 2.19.